The van der Waals surface area contributed by atoms with E-state index in [-0.39, 0.29) is 22.8 Å². The van der Waals surface area contributed by atoms with Gasteiger partial charge in [0.2, 0.25) is 12.3 Å². The molecule has 0 saturated carbocycles. The summed E-state index contributed by atoms with van der Waals surface area (Å²) in [7, 11) is 1.60. The van der Waals surface area contributed by atoms with Crippen molar-refractivity contribution in [2.45, 2.75) is 6.54 Å². The van der Waals surface area contributed by atoms with Gasteiger partial charge in [0.05, 0.1) is 16.1 Å². The van der Waals surface area contributed by atoms with Crippen LogP contribution in [0.2, 0.25) is 0 Å². The molecule has 0 amide bonds. The van der Waals surface area contributed by atoms with Crippen molar-refractivity contribution in [3.63, 3.8) is 0 Å². The number of rotatable bonds is 4. The summed E-state index contributed by atoms with van der Waals surface area (Å²) in [6, 6.07) is 9.04. The highest BCUT2D eigenvalue weighted by Crippen LogP contribution is 2.14. The molecule has 6 heteroatoms. The van der Waals surface area contributed by atoms with E-state index >= 15 is 0 Å². The van der Waals surface area contributed by atoms with Crippen LogP contribution in [0.3, 0.4) is 0 Å². The van der Waals surface area contributed by atoms with Gasteiger partial charge in [0.25, 0.3) is 0 Å². The standard InChI is InChI=1S/C14H12Br2NO2.BrH/c1-19-13-4-2-10(3-5-13)14(18)9-17-7-11(15)6-12(16)8-17;/h2-8H,9H2,1H3;1H/q+1;. The van der Waals surface area contributed by atoms with Gasteiger partial charge in [-0.15, -0.1) is 17.0 Å². The molecule has 1 heterocycles. The van der Waals surface area contributed by atoms with E-state index in [4.69, 9.17) is 4.74 Å². The predicted octanol–water partition coefficient (Wildman–Crippen LogP) is 3.97. The highest BCUT2D eigenvalue weighted by atomic mass is 79.9. The lowest BCUT2D eigenvalue weighted by atomic mass is 10.1. The molecular formula is C14H13Br3NO2+. The van der Waals surface area contributed by atoms with Gasteiger partial charge in [-0.3, -0.25) is 4.79 Å². The lowest BCUT2D eigenvalue weighted by Gasteiger charge is -2.02. The lowest BCUT2D eigenvalue weighted by molar-refractivity contribution is -0.684. The molecule has 0 bridgehead atoms. The van der Waals surface area contributed by atoms with Crippen LogP contribution in [0.25, 0.3) is 0 Å². The van der Waals surface area contributed by atoms with Gasteiger partial charge in [0.1, 0.15) is 5.75 Å². The van der Waals surface area contributed by atoms with Crippen LogP contribution in [-0.2, 0) is 6.54 Å². The molecule has 3 nitrogen and oxygen atoms in total. The summed E-state index contributed by atoms with van der Waals surface area (Å²) < 4.78 is 8.75. The zero-order valence-electron chi connectivity index (χ0n) is 10.7. The number of ketones is 1. The molecular weight excluding hydrogens is 454 g/mol. The summed E-state index contributed by atoms with van der Waals surface area (Å²) in [4.78, 5) is 12.1. The fourth-order valence-corrected chi connectivity index (χ4v) is 3.01. The monoisotopic (exact) mass is 464 g/mol. The van der Waals surface area contributed by atoms with Gasteiger partial charge in [0.15, 0.2) is 12.4 Å². The molecule has 0 saturated heterocycles. The van der Waals surface area contributed by atoms with Crippen molar-refractivity contribution in [2.24, 2.45) is 0 Å². The van der Waals surface area contributed by atoms with Crippen LogP contribution in [0.15, 0.2) is 51.7 Å². The van der Waals surface area contributed by atoms with E-state index in [9.17, 15) is 4.79 Å². The molecule has 106 valence electrons. The Bertz CT molecular complexity index is 580. The Kier molecular flexibility index (Phi) is 6.85. The molecule has 0 radical (unpaired) electrons. The van der Waals surface area contributed by atoms with Gasteiger partial charge in [0, 0.05) is 5.56 Å². The normalized spacial score (nSPS) is 9.75. The van der Waals surface area contributed by atoms with Crippen LogP contribution in [0, 0.1) is 0 Å². The summed E-state index contributed by atoms with van der Waals surface area (Å²) >= 11 is 6.80. The number of ether oxygens (including phenoxy) is 1. The van der Waals surface area contributed by atoms with Gasteiger partial charge in [-0.05, 0) is 62.2 Å². The largest absolute Gasteiger partial charge is 0.497 e. The van der Waals surface area contributed by atoms with E-state index in [1.807, 2.05) is 23.0 Å². The first-order valence-corrected chi connectivity index (χ1v) is 7.19. The third-order valence-electron chi connectivity index (χ3n) is 2.59. The fraction of sp³-hybridized carbons (Fsp3) is 0.143. The van der Waals surface area contributed by atoms with Crippen LogP contribution >= 0.6 is 48.8 Å². The molecule has 0 atom stereocenters. The third-order valence-corrected chi connectivity index (χ3v) is 3.46. The molecule has 20 heavy (non-hydrogen) atoms. The van der Waals surface area contributed by atoms with Crippen LogP contribution in [0.1, 0.15) is 10.4 Å². The third kappa shape index (κ3) is 4.68. The van der Waals surface area contributed by atoms with Gasteiger partial charge in [-0.2, -0.15) is 4.57 Å². The van der Waals surface area contributed by atoms with E-state index in [0.29, 0.717) is 12.1 Å². The Morgan fingerprint density at radius 2 is 1.70 bits per heavy atom. The summed E-state index contributed by atoms with van der Waals surface area (Å²) in [5.41, 5.74) is 0.671. The minimum Gasteiger partial charge on any atom is -0.497 e. The number of nitrogens with zero attached hydrogens (tertiary/aromatic N) is 1. The Hall–Kier alpha value is -0.720. The molecule has 0 N–H and O–H groups in total. The topological polar surface area (TPSA) is 30.2 Å². The van der Waals surface area contributed by atoms with E-state index in [1.165, 1.54) is 0 Å². The molecule has 2 rings (SSSR count). The molecule has 2 aromatic rings. The highest BCUT2D eigenvalue weighted by Gasteiger charge is 2.13. The summed E-state index contributed by atoms with van der Waals surface area (Å²) in [6.45, 7) is 0.296. The van der Waals surface area contributed by atoms with Crippen molar-refractivity contribution in [3.05, 3.63) is 57.2 Å². The Balaban J connectivity index is 0.00000200. The van der Waals surface area contributed by atoms with Crippen LogP contribution in [-0.4, -0.2) is 12.9 Å². The SMILES string of the molecule is Br.COc1ccc(C(=O)C[n+]2cc(Br)cc(Br)c2)cc1. The number of Topliss-reactive ketones (excluding diaryl/α,β-unsaturated/α-hetero) is 1. The number of aromatic nitrogens is 1. The minimum absolute atomic E-state index is 0. The number of benzene rings is 1. The number of hydrogen-bond donors (Lipinski definition) is 0. The zero-order valence-corrected chi connectivity index (χ0v) is 15.6. The first-order chi connectivity index (χ1) is 9.08. The molecule has 0 aliphatic rings. The van der Waals surface area contributed by atoms with Crippen LogP contribution in [0.5, 0.6) is 5.75 Å². The van der Waals surface area contributed by atoms with E-state index in [0.717, 1.165) is 14.7 Å². The second-order valence-corrected chi connectivity index (χ2v) is 5.83. The molecule has 0 unspecified atom stereocenters. The Morgan fingerprint density at radius 3 is 2.20 bits per heavy atom. The maximum Gasteiger partial charge on any atom is 0.227 e. The number of carbonyl (C=O) groups excluding carboxylic acids is 1. The van der Waals surface area contributed by atoms with Crippen molar-refractivity contribution < 1.29 is 14.1 Å². The quantitative estimate of drug-likeness (QED) is 0.504. The molecule has 1 aromatic carbocycles. The smallest absolute Gasteiger partial charge is 0.227 e. The maximum absolute atomic E-state index is 12.1. The van der Waals surface area contributed by atoms with Gasteiger partial charge in [-0.25, -0.2) is 0 Å². The van der Waals surface area contributed by atoms with Crippen molar-refractivity contribution in [2.75, 3.05) is 7.11 Å². The van der Waals surface area contributed by atoms with Crippen LogP contribution in [0.4, 0.5) is 0 Å². The molecule has 0 spiro atoms. The van der Waals surface area contributed by atoms with Crippen molar-refractivity contribution in [1.82, 2.24) is 0 Å². The van der Waals surface area contributed by atoms with E-state index in [1.54, 1.807) is 31.4 Å². The maximum atomic E-state index is 12.1. The van der Waals surface area contributed by atoms with Crippen molar-refractivity contribution >= 4 is 54.6 Å². The summed E-state index contributed by atoms with van der Waals surface area (Å²) in [6.07, 6.45) is 3.73. The van der Waals surface area contributed by atoms with Gasteiger partial charge >= 0.3 is 0 Å². The Morgan fingerprint density at radius 1 is 1.15 bits per heavy atom. The first-order valence-electron chi connectivity index (χ1n) is 5.61. The van der Waals surface area contributed by atoms with E-state index < -0.39 is 0 Å². The van der Waals surface area contributed by atoms with Crippen LogP contribution < -0.4 is 9.30 Å². The average Bonchev–Trinajstić information content (AvgIpc) is 2.37. The number of methoxy groups -OCH3 is 1. The molecule has 0 aliphatic carbocycles. The van der Waals surface area contributed by atoms with E-state index in [2.05, 4.69) is 31.9 Å². The number of pyridine rings is 1. The predicted molar refractivity (Wildman–Crippen MR) is 89.7 cm³/mol. The van der Waals surface area contributed by atoms with Gasteiger partial charge in [-0.1, -0.05) is 0 Å². The second kappa shape index (κ2) is 7.90. The molecule has 0 aliphatic heterocycles. The second-order valence-electron chi connectivity index (χ2n) is 4.00. The zero-order chi connectivity index (χ0) is 13.8. The highest BCUT2D eigenvalue weighted by molar-refractivity contribution is 9.11. The van der Waals surface area contributed by atoms with Crippen molar-refractivity contribution in [3.8, 4) is 5.75 Å². The molecule has 0 fully saturated rings. The Labute approximate surface area is 145 Å². The molecule has 1 aromatic heterocycles. The summed E-state index contributed by atoms with van der Waals surface area (Å²) in [5, 5.41) is 0. The number of halogens is 3. The van der Waals surface area contributed by atoms with Crippen molar-refractivity contribution in [1.29, 1.82) is 0 Å². The number of carbonyl (C=O) groups is 1. The summed E-state index contributed by atoms with van der Waals surface area (Å²) in [5.74, 6) is 0.798. The van der Waals surface area contributed by atoms with Gasteiger partial charge < -0.3 is 4.74 Å². The fourth-order valence-electron chi connectivity index (χ4n) is 1.69. The average molecular weight is 467 g/mol. The number of hydrogen-bond acceptors (Lipinski definition) is 2. The minimum atomic E-state index is 0. The first kappa shape index (κ1) is 17.3. The lowest BCUT2D eigenvalue weighted by Crippen LogP contribution is -2.37.